The summed E-state index contributed by atoms with van der Waals surface area (Å²) in [7, 11) is 0. The van der Waals surface area contributed by atoms with E-state index in [1.807, 2.05) is 18.2 Å². The third-order valence-corrected chi connectivity index (χ3v) is 3.36. The maximum atomic E-state index is 5.21. The molecule has 4 nitrogen and oxygen atoms in total. The molecule has 2 rings (SSSR count). The van der Waals surface area contributed by atoms with Gasteiger partial charge in [-0.2, -0.15) is 4.98 Å². The molecular formula is C13H16BrN3O. The van der Waals surface area contributed by atoms with Crippen molar-refractivity contribution in [3.05, 3.63) is 46.0 Å². The second kappa shape index (κ2) is 6.66. The van der Waals surface area contributed by atoms with E-state index in [-0.39, 0.29) is 0 Å². The Morgan fingerprint density at radius 2 is 2.17 bits per heavy atom. The Labute approximate surface area is 115 Å². The molecule has 0 radical (unpaired) electrons. The minimum Gasteiger partial charge on any atom is -0.339 e. The van der Waals surface area contributed by atoms with Gasteiger partial charge < -0.3 is 9.84 Å². The Morgan fingerprint density at radius 3 is 2.94 bits per heavy atom. The SMILES string of the molecule is CCNCCc1nc(Cc2ccccc2Br)no1. The molecule has 0 amide bonds. The molecule has 2 aromatic rings. The summed E-state index contributed by atoms with van der Waals surface area (Å²) in [4.78, 5) is 4.38. The molecule has 0 aliphatic carbocycles. The molecule has 0 unspecified atom stereocenters. The topological polar surface area (TPSA) is 51.0 Å². The van der Waals surface area contributed by atoms with Gasteiger partial charge in [-0.25, -0.2) is 0 Å². The summed E-state index contributed by atoms with van der Waals surface area (Å²) in [6.45, 7) is 3.90. The average Bonchev–Trinajstić information content (AvgIpc) is 2.80. The highest BCUT2D eigenvalue weighted by Crippen LogP contribution is 2.18. The molecular weight excluding hydrogens is 294 g/mol. The smallest absolute Gasteiger partial charge is 0.227 e. The zero-order valence-electron chi connectivity index (χ0n) is 10.3. The largest absolute Gasteiger partial charge is 0.339 e. The van der Waals surface area contributed by atoms with Gasteiger partial charge in [-0.1, -0.05) is 46.2 Å². The van der Waals surface area contributed by atoms with Gasteiger partial charge in [0, 0.05) is 23.9 Å². The molecule has 18 heavy (non-hydrogen) atoms. The van der Waals surface area contributed by atoms with Gasteiger partial charge in [0.05, 0.1) is 0 Å². The zero-order chi connectivity index (χ0) is 12.8. The molecule has 0 aliphatic rings. The van der Waals surface area contributed by atoms with E-state index in [0.717, 1.165) is 35.4 Å². The molecule has 0 atom stereocenters. The van der Waals surface area contributed by atoms with Gasteiger partial charge in [0.2, 0.25) is 5.89 Å². The summed E-state index contributed by atoms with van der Waals surface area (Å²) >= 11 is 3.52. The van der Waals surface area contributed by atoms with Gasteiger partial charge in [0.15, 0.2) is 5.82 Å². The lowest BCUT2D eigenvalue weighted by molar-refractivity contribution is 0.372. The van der Waals surface area contributed by atoms with Crippen LogP contribution in [0.5, 0.6) is 0 Å². The summed E-state index contributed by atoms with van der Waals surface area (Å²) in [6, 6.07) is 8.07. The lowest BCUT2D eigenvalue weighted by Crippen LogP contribution is -2.16. The van der Waals surface area contributed by atoms with E-state index >= 15 is 0 Å². The maximum Gasteiger partial charge on any atom is 0.227 e. The Kier molecular flexibility index (Phi) is 4.90. The van der Waals surface area contributed by atoms with Gasteiger partial charge in [0.1, 0.15) is 0 Å². The van der Waals surface area contributed by atoms with E-state index < -0.39 is 0 Å². The number of aromatic nitrogens is 2. The lowest BCUT2D eigenvalue weighted by atomic mass is 10.1. The van der Waals surface area contributed by atoms with Gasteiger partial charge in [-0.15, -0.1) is 0 Å². The van der Waals surface area contributed by atoms with Crippen molar-refractivity contribution in [2.24, 2.45) is 0 Å². The fraction of sp³-hybridized carbons (Fsp3) is 0.385. The molecule has 1 N–H and O–H groups in total. The van der Waals surface area contributed by atoms with Crippen LogP contribution in [0.25, 0.3) is 0 Å². The fourth-order valence-electron chi connectivity index (χ4n) is 1.65. The highest BCUT2D eigenvalue weighted by Gasteiger charge is 2.08. The zero-order valence-corrected chi connectivity index (χ0v) is 11.9. The standard InChI is InChI=1S/C13H16BrN3O/c1-2-15-8-7-13-16-12(17-18-13)9-10-5-3-4-6-11(10)14/h3-6,15H,2,7-9H2,1H3. The normalized spacial score (nSPS) is 10.8. The molecule has 0 saturated heterocycles. The molecule has 0 spiro atoms. The van der Waals surface area contributed by atoms with Crippen molar-refractivity contribution in [2.75, 3.05) is 13.1 Å². The first-order valence-electron chi connectivity index (χ1n) is 6.05. The van der Waals surface area contributed by atoms with E-state index in [4.69, 9.17) is 4.52 Å². The van der Waals surface area contributed by atoms with Gasteiger partial charge >= 0.3 is 0 Å². The maximum absolute atomic E-state index is 5.21. The number of rotatable bonds is 6. The Balaban J connectivity index is 1.96. The van der Waals surface area contributed by atoms with Gasteiger partial charge in [-0.3, -0.25) is 0 Å². The van der Waals surface area contributed by atoms with E-state index in [2.05, 4.69) is 44.4 Å². The molecule has 1 heterocycles. The van der Waals surface area contributed by atoms with Crippen molar-refractivity contribution in [1.82, 2.24) is 15.5 Å². The molecule has 96 valence electrons. The van der Waals surface area contributed by atoms with Crippen molar-refractivity contribution in [1.29, 1.82) is 0 Å². The first kappa shape index (κ1) is 13.2. The molecule has 0 saturated carbocycles. The van der Waals surface area contributed by atoms with Gasteiger partial charge in [0.25, 0.3) is 0 Å². The summed E-state index contributed by atoms with van der Waals surface area (Å²) in [6.07, 6.45) is 1.46. The van der Waals surface area contributed by atoms with E-state index in [9.17, 15) is 0 Å². The monoisotopic (exact) mass is 309 g/mol. The molecule has 5 heteroatoms. The molecule has 0 fully saturated rings. The summed E-state index contributed by atoms with van der Waals surface area (Å²) in [5.74, 6) is 1.42. The number of hydrogen-bond acceptors (Lipinski definition) is 4. The molecule has 0 aliphatic heterocycles. The van der Waals surface area contributed by atoms with Crippen molar-refractivity contribution in [3.63, 3.8) is 0 Å². The van der Waals surface area contributed by atoms with Crippen LogP contribution >= 0.6 is 15.9 Å². The fourth-order valence-corrected chi connectivity index (χ4v) is 2.07. The minimum absolute atomic E-state index is 0.687. The number of nitrogens with zero attached hydrogens (tertiary/aromatic N) is 2. The summed E-state index contributed by atoms with van der Waals surface area (Å²) < 4.78 is 6.28. The predicted octanol–water partition coefficient (Wildman–Crippen LogP) is 2.57. The predicted molar refractivity (Wildman–Crippen MR) is 73.5 cm³/mol. The molecule has 1 aromatic heterocycles. The second-order valence-electron chi connectivity index (χ2n) is 3.98. The first-order chi connectivity index (χ1) is 8.79. The lowest BCUT2D eigenvalue weighted by Gasteiger charge is -1.99. The Morgan fingerprint density at radius 1 is 1.33 bits per heavy atom. The number of nitrogens with one attached hydrogen (secondary N) is 1. The van der Waals surface area contributed by atoms with Crippen LogP contribution < -0.4 is 5.32 Å². The quantitative estimate of drug-likeness (QED) is 0.833. The van der Waals surface area contributed by atoms with Crippen molar-refractivity contribution < 1.29 is 4.52 Å². The molecule has 0 bridgehead atoms. The van der Waals surface area contributed by atoms with Crippen LogP contribution in [0.1, 0.15) is 24.2 Å². The Hall–Kier alpha value is -1.20. The number of halogens is 1. The third-order valence-electron chi connectivity index (χ3n) is 2.58. The second-order valence-corrected chi connectivity index (χ2v) is 4.83. The summed E-state index contributed by atoms with van der Waals surface area (Å²) in [5, 5.41) is 7.23. The average molecular weight is 310 g/mol. The van der Waals surface area contributed by atoms with Crippen LogP contribution in [0.4, 0.5) is 0 Å². The van der Waals surface area contributed by atoms with Crippen LogP contribution in [-0.4, -0.2) is 23.2 Å². The highest BCUT2D eigenvalue weighted by molar-refractivity contribution is 9.10. The Bertz CT molecular complexity index is 498. The van der Waals surface area contributed by atoms with Gasteiger partial charge in [-0.05, 0) is 18.2 Å². The third kappa shape index (κ3) is 3.65. The van der Waals surface area contributed by atoms with E-state index in [1.165, 1.54) is 0 Å². The number of benzene rings is 1. The molecule has 1 aromatic carbocycles. The number of likely N-dealkylation sites (N-methyl/N-ethyl adjacent to an activating group) is 1. The van der Waals surface area contributed by atoms with Crippen LogP contribution in [-0.2, 0) is 12.8 Å². The van der Waals surface area contributed by atoms with Crippen LogP contribution in [0.2, 0.25) is 0 Å². The highest BCUT2D eigenvalue weighted by atomic mass is 79.9. The van der Waals surface area contributed by atoms with Crippen LogP contribution in [0.15, 0.2) is 33.3 Å². The van der Waals surface area contributed by atoms with Crippen LogP contribution in [0.3, 0.4) is 0 Å². The number of hydrogen-bond donors (Lipinski definition) is 1. The van der Waals surface area contributed by atoms with E-state index in [0.29, 0.717) is 12.3 Å². The van der Waals surface area contributed by atoms with E-state index in [1.54, 1.807) is 0 Å². The van der Waals surface area contributed by atoms with Crippen molar-refractivity contribution in [3.8, 4) is 0 Å². The van der Waals surface area contributed by atoms with Crippen molar-refractivity contribution in [2.45, 2.75) is 19.8 Å². The summed E-state index contributed by atoms with van der Waals surface area (Å²) in [5.41, 5.74) is 1.16. The minimum atomic E-state index is 0.687. The van der Waals surface area contributed by atoms with Crippen molar-refractivity contribution >= 4 is 15.9 Å². The first-order valence-corrected chi connectivity index (χ1v) is 6.84. The van der Waals surface area contributed by atoms with Crippen LogP contribution in [0, 0.1) is 0 Å².